The maximum atomic E-state index is 12.3. The lowest BCUT2D eigenvalue weighted by atomic mass is 10.1. The van der Waals surface area contributed by atoms with Crippen LogP contribution in [0.4, 0.5) is 32.0 Å². The molecule has 1 amide bonds. The number of aromatic carboxylic acids is 1. The lowest BCUT2D eigenvalue weighted by Crippen LogP contribution is -2.45. The van der Waals surface area contributed by atoms with E-state index in [1.54, 1.807) is 0 Å². The van der Waals surface area contributed by atoms with Crippen LogP contribution in [0.3, 0.4) is 0 Å². The number of anilines is 1. The van der Waals surface area contributed by atoms with E-state index in [2.05, 4.69) is 0 Å². The van der Waals surface area contributed by atoms with E-state index in [4.69, 9.17) is 5.11 Å². The number of halogens is 6. The molecule has 0 bridgehead atoms. The maximum absolute atomic E-state index is 12.3. The van der Waals surface area contributed by atoms with E-state index >= 15 is 0 Å². The van der Waals surface area contributed by atoms with Crippen LogP contribution in [0.25, 0.3) is 0 Å². The van der Waals surface area contributed by atoms with E-state index in [0.717, 1.165) is 11.4 Å². The van der Waals surface area contributed by atoms with Crippen molar-refractivity contribution in [2.75, 3.05) is 5.32 Å². The first-order chi connectivity index (χ1) is 8.94. The van der Waals surface area contributed by atoms with Gasteiger partial charge in [0.2, 0.25) is 11.8 Å². The van der Waals surface area contributed by atoms with Gasteiger partial charge in [-0.2, -0.15) is 26.3 Å². The minimum Gasteiger partial charge on any atom is -0.477 e. The van der Waals surface area contributed by atoms with E-state index in [9.17, 15) is 35.9 Å². The minimum atomic E-state index is -5.83. The summed E-state index contributed by atoms with van der Waals surface area (Å²) in [5, 5.41) is 11.1. The van der Waals surface area contributed by atoms with Gasteiger partial charge in [-0.15, -0.1) is 11.3 Å². The molecule has 0 saturated carbocycles. The number of amides is 1. The van der Waals surface area contributed by atoms with Gasteiger partial charge in [0, 0.05) is 0 Å². The van der Waals surface area contributed by atoms with Gasteiger partial charge in [0.25, 0.3) is 0 Å². The highest BCUT2D eigenvalue weighted by Gasteiger charge is 2.61. The largest absolute Gasteiger partial charge is 0.477 e. The zero-order valence-corrected chi connectivity index (χ0v) is 9.99. The highest BCUT2D eigenvalue weighted by atomic mass is 32.1. The molecule has 1 heterocycles. The number of carbonyl (C=O) groups excluding carboxylic acids is 1. The summed E-state index contributed by atoms with van der Waals surface area (Å²) in [7, 11) is 0. The van der Waals surface area contributed by atoms with Crippen molar-refractivity contribution in [1.29, 1.82) is 0 Å². The molecule has 1 rings (SSSR count). The third kappa shape index (κ3) is 3.62. The Hall–Kier alpha value is -1.78. The van der Waals surface area contributed by atoms with Gasteiger partial charge in [-0.05, 0) is 11.4 Å². The Labute approximate surface area is 111 Å². The van der Waals surface area contributed by atoms with E-state index in [-0.39, 0.29) is 0 Å². The molecule has 0 spiro atoms. The highest BCUT2D eigenvalue weighted by Crippen LogP contribution is 2.40. The number of carboxylic acid groups (broad SMARTS) is 1. The molecule has 0 aliphatic rings. The lowest BCUT2D eigenvalue weighted by molar-refractivity contribution is -0.272. The highest BCUT2D eigenvalue weighted by molar-refractivity contribution is 7.12. The fraction of sp³-hybridized carbons (Fsp3) is 0.333. The molecule has 112 valence electrons. The van der Waals surface area contributed by atoms with Crippen LogP contribution in [0, 0.1) is 5.92 Å². The molecule has 0 atom stereocenters. The van der Waals surface area contributed by atoms with Crippen LogP contribution < -0.4 is 5.32 Å². The van der Waals surface area contributed by atoms with Gasteiger partial charge in [-0.3, -0.25) is 4.79 Å². The zero-order valence-electron chi connectivity index (χ0n) is 9.17. The predicted molar refractivity (Wildman–Crippen MR) is 55.5 cm³/mol. The van der Waals surface area contributed by atoms with Crippen LogP contribution in [0.5, 0.6) is 0 Å². The van der Waals surface area contributed by atoms with Crippen molar-refractivity contribution in [2.24, 2.45) is 5.92 Å². The summed E-state index contributed by atoms with van der Waals surface area (Å²) in [4.78, 5) is 21.2. The zero-order chi connectivity index (χ0) is 15.7. The Balaban J connectivity index is 3.04. The van der Waals surface area contributed by atoms with Crippen LogP contribution >= 0.6 is 11.3 Å². The summed E-state index contributed by atoms with van der Waals surface area (Å²) in [6, 6.07) is 0.899. The molecular weight excluding hydrogens is 316 g/mol. The van der Waals surface area contributed by atoms with Crippen LogP contribution in [-0.2, 0) is 4.79 Å². The van der Waals surface area contributed by atoms with Gasteiger partial charge in [0.05, 0.1) is 5.69 Å². The van der Waals surface area contributed by atoms with E-state index in [0.29, 0.717) is 11.3 Å². The topological polar surface area (TPSA) is 66.4 Å². The van der Waals surface area contributed by atoms with Gasteiger partial charge in [-0.25, -0.2) is 4.79 Å². The first kappa shape index (κ1) is 16.3. The van der Waals surface area contributed by atoms with Crippen molar-refractivity contribution in [1.82, 2.24) is 0 Å². The smallest absolute Gasteiger partial charge is 0.409 e. The molecule has 11 heteroatoms. The fourth-order valence-electron chi connectivity index (χ4n) is 1.26. The molecule has 4 nitrogen and oxygen atoms in total. The van der Waals surface area contributed by atoms with E-state index < -0.39 is 40.7 Å². The van der Waals surface area contributed by atoms with Gasteiger partial charge in [-0.1, -0.05) is 0 Å². The summed E-state index contributed by atoms with van der Waals surface area (Å²) >= 11 is 0.550. The Morgan fingerprint density at radius 1 is 1.15 bits per heavy atom. The summed E-state index contributed by atoms with van der Waals surface area (Å²) in [6.45, 7) is 0. The van der Waals surface area contributed by atoms with Gasteiger partial charge < -0.3 is 10.4 Å². The van der Waals surface area contributed by atoms with Crippen molar-refractivity contribution >= 4 is 28.9 Å². The third-order valence-electron chi connectivity index (χ3n) is 2.03. The normalized spacial score (nSPS) is 12.6. The first-order valence-corrected chi connectivity index (χ1v) is 5.57. The molecule has 20 heavy (non-hydrogen) atoms. The molecule has 0 fully saturated rings. The number of nitrogens with one attached hydrogen (secondary N) is 1. The van der Waals surface area contributed by atoms with Crippen LogP contribution in [0.2, 0.25) is 0 Å². The van der Waals surface area contributed by atoms with Crippen molar-refractivity contribution in [3.05, 3.63) is 16.3 Å². The molecule has 0 aliphatic heterocycles. The molecular formula is C9H5F6NO3S. The molecule has 0 unspecified atom stereocenters. The maximum Gasteiger partial charge on any atom is 0.409 e. The second kappa shape index (κ2) is 5.31. The Morgan fingerprint density at radius 3 is 2.05 bits per heavy atom. The van der Waals surface area contributed by atoms with Crippen molar-refractivity contribution in [2.45, 2.75) is 12.4 Å². The number of alkyl halides is 6. The average molecular weight is 321 g/mol. The van der Waals surface area contributed by atoms with Crippen LogP contribution in [-0.4, -0.2) is 29.3 Å². The van der Waals surface area contributed by atoms with Crippen molar-refractivity contribution in [3.8, 4) is 0 Å². The third-order valence-corrected chi connectivity index (χ3v) is 2.94. The number of rotatable bonds is 3. The standard InChI is InChI=1S/C9H5F6NO3S/c10-8(11,12)5(9(13,14)15)6(17)16-3-1-2-20-4(3)7(18)19/h1-2,5H,(H,16,17)(H,18,19). The molecule has 2 N–H and O–H groups in total. The minimum absolute atomic E-state index is 0.550. The predicted octanol–water partition coefficient (Wildman–Crippen LogP) is 3.13. The first-order valence-electron chi connectivity index (χ1n) is 4.69. The Kier molecular flexibility index (Phi) is 4.32. The number of hydrogen-bond acceptors (Lipinski definition) is 3. The fourth-order valence-corrected chi connectivity index (χ4v) is 1.95. The number of hydrogen-bond donors (Lipinski definition) is 2. The van der Waals surface area contributed by atoms with Crippen molar-refractivity contribution < 1.29 is 41.0 Å². The lowest BCUT2D eigenvalue weighted by Gasteiger charge is -2.21. The summed E-state index contributed by atoms with van der Waals surface area (Å²) in [5.41, 5.74) is -0.619. The number of carboxylic acids is 1. The Morgan fingerprint density at radius 2 is 1.65 bits per heavy atom. The van der Waals surface area contributed by atoms with Gasteiger partial charge in [0.15, 0.2) is 0 Å². The quantitative estimate of drug-likeness (QED) is 0.841. The SMILES string of the molecule is O=C(O)c1sccc1NC(=O)C(C(F)(F)F)C(F)(F)F. The molecule has 0 aliphatic carbocycles. The van der Waals surface area contributed by atoms with Crippen molar-refractivity contribution in [3.63, 3.8) is 0 Å². The van der Waals surface area contributed by atoms with E-state index in [1.807, 2.05) is 0 Å². The average Bonchev–Trinajstić information content (AvgIpc) is 2.60. The monoisotopic (exact) mass is 321 g/mol. The molecule has 0 radical (unpaired) electrons. The second-order valence-electron chi connectivity index (χ2n) is 3.47. The molecule has 0 saturated heterocycles. The second-order valence-corrected chi connectivity index (χ2v) is 4.39. The van der Waals surface area contributed by atoms with E-state index in [1.165, 1.54) is 5.32 Å². The number of carbonyl (C=O) groups is 2. The summed E-state index contributed by atoms with van der Waals surface area (Å²) in [6.07, 6.45) is -11.7. The number of thiophene rings is 1. The Bertz CT molecular complexity index is 506. The van der Waals surface area contributed by atoms with Gasteiger partial charge >= 0.3 is 18.3 Å². The van der Waals surface area contributed by atoms with Crippen LogP contribution in [0.1, 0.15) is 9.67 Å². The molecule has 0 aromatic carbocycles. The molecule has 1 aromatic heterocycles. The summed E-state index contributed by atoms with van der Waals surface area (Å²) in [5.74, 6) is -8.19. The van der Waals surface area contributed by atoms with Gasteiger partial charge in [0.1, 0.15) is 4.88 Å². The van der Waals surface area contributed by atoms with Crippen LogP contribution in [0.15, 0.2) is 11.4 Å². The summed E-state index contributed by atoms with van der Waals surface area (Å²) < 4.78 is 73.6. The molecule has 1 aromatic rings.